The molecule has 2 aromatic carbocycles. The van der Waals surface area contributed by atoms with Crippen molar-refractivity contribution in [3.8, 4) is 0 Å². The van der Waals surface area contributed by atoms with Crippen LogP contribution < -0.4 is 17.0 Å². The molecule has 0 amide bonds. The zero-order valence-electron chi connectivity index (χ0n) is 14.2. The summed E-state index contributed by atoms with van der Waals surface area (Å²) in [4.78, 5) is 29.3. The van der Waals surface area contributed by atoms with Crippen LogP contribution in [0.3, 0.4) is 0 Å². The van der Waals surface area contributed by atoms with E-state index in [0.717, 1.165) is 0 Å². The lowest BCUT2D eigenvalue weighted by molar-refractivity contribution is -0.140. The lowest BCUT2D eigenvalue weighted by Gasteiger charge is -2.15. The summed E-state index contributed by atoms with van der Waals surface area (Å²) in [6, 6.07) is 15.3. The number of carboxylic acid groups (broad SMARTS) is 1. The average Bonchev–Trinajstić information content (AvgIpc) is 3.18. The van der Waals surface area contributed by atoms with Crippen molar-refractivity contribution in [1.82, 2.24) is 5.43 Å². The molecule has 1 fully saturated rings. The van der Waals surface area contributed by atoms with Gasteiger partial charge < -0.3 is 16.3 Å². The summed E-state index contributed by atoms with van der Waals surface area (Å²) in [5, 5.41) is 9.95. The molecule has 3 unspecified atom stereocenters. The topological polar surface area (TPSA) is 131 Å². The summed E-state index contributed by atoms with van der Waals surface area (Å²) in [6.45, 7) is 1.61. The molecule has 7 nitrogen and oxygen atoms in total. The van der Waals surface area contributed by atoms with E-state index in [1.54, 1.807) is 61.5 Å². The molecule has 0 aliphatic heterocycles. The van der Waals surface area contributed by atoms with Gasteiger partial charge in [0.1, 0.15) is 11.8 Å². The fourth-order valence-corrected chi connectivity index (χ4v) is 3.78. The zero-order chi connectivity index (χ0) is 18.9. The number of carbonyl (C=O) groups excluding carboxylic acids is 1. The number of nitrogens with zero attached hydrogens (tertiary/aromatic N) is 1. The monoisotopic (exact) mass is 352 g/mol. The van der Waals surface area contributed by atoms with Crippen LogP contribution in [0.5, 0.6) is 0 Å². The molecule has 0 radical (unpaired) electrons. The molecule has 0 saturated heterocycles. The smallest absolute Gasteiger partial charge is 0.316 e. The van der Waals surface area contributed by atoms with E-state index in [0.29, 0.717) is 16.8 Å². The highest BCUT2D eigenvalue weighted by atomic mass is 16.4. The third-order valence-corrected chi connectivity index (χ3v) is 5.05. The predicted molar refractivity (Wildman–Crippen MR) is 98.1 cm³/mol. The van der Waals surface area contributed by atoms with Gasteiger partial charge in [-0.15, -0.1) is 0 Å². The highest BCUT2D eigenvalue weighted by Crippen LogP contribution is 2.62. The number of benzene rings is 2. The number of Topliss-reactive ketones (excluding diaryl/α,β-unsaturated/α-hetero) is 1. The Bertz CT molecular complexity index is 879. The maximum atomic E-state index is 13.1. The second-order valence-corrected chi connectivity index (χ2v) is 6.53. The van der Waals surface area contributed by atoms with Gasteiger partial charge in [0.2, 0.25) is 0 Å². The summed E-state index contributed by atoms with van der Waals surface area (Å²) in [5.74, 6) is 2.86. The first kappa shape index (κ1) is 17.8. The molecule has 3 atom stereocenters. The van der Waals surface area contributed by atoms with Crippen LogP contribution in [0.1, 0.15) is 22.8 Å². The van der Waals surface area contributed by atoms with E-state index in [9.17, 15) is 14.7 Å². The Kier molecular flexibility index (Phi) is 4.35. The number of nitrogens with two attached hydrogens (primary N) is 2. The number of aliphatic imine (C=N–C) groups is 1. The van der Waals surface area contributed by atoms with Crippen LogP contribution in [0.15, 0.2) is 59.6 Å². The molecule has 1 saturated carbocycles. The lowest BCUT2D eigenvalue weighted by atomic mass is 9.89. The zero-order valence-corrected chi connectivity index (χ0v) is 14.2. The molecule has 1 aliphatic rings. The van der Waals surface area contributed by atoms with Crippen molar-refractivity contribution in [2.75, 3.05) is 0 Å². The maximum Gasteiger partial charge on any atom is 0.316 e. The van der Waals surface area contributed by atoms with Crippen LogP contribution in [0.2, 0.25) is 0 Å². The summed E-state index contributed by atoms with van der Waals surface area (Å²) in [6.07, 6.45) is 1.29. The minimum atomic E-state index is -1.45. The van der Waals surface area contributed by atoms with Crippen LogP contribution in [0, 0.1) is 5.92 Å². The third-order valence-electron chi connectivity index (χ3n) is 5.05. The molecular formula is C19H20N4O3. The number of aliphatic carboxylic acids is 1. The number of hydrogen-bond acceptors (Lipinski definition) is 5. The van der Waals surface area contributed by atoms with Gasteiger partial charge in [-0.25, -0.2) is 10.8 Å². The van der Waals surface area contributed by atoms with Gasteiger partial charge in [-0.1, -0.05) is 42.5 Å². The minimum absolute atomic E-state index is 0.320. The number of carbonyl (C=O) groups is 2. The Morgan fingerprint density at radius 3 is 2.50 bits per heavy atom. The normalized spacial score (nSPS) is 27.3. The van der Waals surface area contributed by atoms with Crippen molar-refractivity contribution in [1.29, 1.82) is 0 Å². The number of hydrogen-bond donors (Lipinski definition) is 4. The van der Waals surface area contributed by atoms with E-state index >= 15 is 0 Å². The van der Waals surface area contributed by atoms with Crippen LogP contribution >= 0.6 is 0 Å². The molecule has 3 rings (SSSR count). The Labute approximate surface area is 150 Å². The average molecular weight is 352 g/mol. The first-order chi connectivity index (χ1) is 12.4. The van der Waals surface area contributed by atoms with Gasteiger partial charge in [0.05, 0.1) is 11.6 Å². The Morgan fingerprint density at radius 2 is 1.88 bits per heavy atom. The predicted octanol–water partition coefficient (Wildman–Crippen LogP) is 1.36. The molecule has 7 heteroatoms. The fourth-order valence-electron chi connectivity index (χ4n) is 3.78. The molecular weight excluding hydrogens is 332 g/mol. The van der Waals surface area contributed by atoms with Crippen molar-refractivity contribution in [3.05, 3.63) is 65.7 Å². The summed E-state index contributed by atoms with van der Waals surface area (Å²) in [5.41, 5.74) is 7.36. The Morgan fingerprint density at radius 1 is 1.19 bits per heavy atom. The van der Waals surface area contributed by atoms with E-state index < -0.39 is 22.8 Å². The minimum Gasteiger partial charge on any atom is -0.481 e. The van der Waals surface area contributed by atoms with Gasteiger partial charge in [-0.2, -0.15) is 0 Å². The van der Waals surface area contributed by atoms with Gasteiger partial charge in [0.15, 0.2) is 5.78 Å². The molecule has 0 aromatic heterocycles. The van der Waals surface area contributed by atoms with Gasteiger partial charge in [0, 0.05) is 11.1 Å². The number of carboxylic acids is 1. The second kappa shape index (κ2) is 6.36. The molecule has 6 N–H and O–H groups in total. The molecule has 0 heterocycles. The van der Waals surface area contributed by atoms with E-state index in [1.807, 2.05) is 0 Å². The van der Waals surface area contributed by atoms with Crippen LogP contribution in [-0.2, 0) is 10.2 Å². The Hall–Kier alpha value is -3.03. The van der Waals surface area contributed by atoms with Crippen molar-refractivity contribution in [3.63, 3.8) is 0 Å². The largest absolute Gasteiger partial charge is 0.481 e. The number of ketones is 1. The standard InChI is InChI=1S/C19H20N4O3/c1-18(20)16(19(18,17(25)26)13-7-3-2-4-8-13)15(24)12-6-5-9-14(10-12)22-11-23-21/h2-11,16H,20-21H2,1H3,(H,22,23)(H,25,26). The van der Waals surface area contributed by atoms with Crippen molar-refractivity contribution in [2.24, 2.45) is 22.5 Å². The first-order valence-corrected chi connectivity index (χ1v) is 8.08. The second-order valence-electron chi connectivity index (χ2n) is 6.53. The van der Waals surface area contributed by atoms with Crippen LogP contribution in [0.25, 0.3) is 0 Å². The van der Waals surface area contributed by atoms with Crippen molar-refractivity contribution < 1.29 is 14.7 Å². The van der Waals surface area contributed by atoms with Crippen LogP contribution in [-0.4, -0.2) is 28.7 Å². The Balaban J connectivity index is 2.02. The van der Waals surface area contributed by atoms with E-state index in [-0.39, 0.29) is 5.78 Å². The lowest BCUT2D eigenvalue weighted by Crippen LogP contribution is -2.36. The SMILES string of the molecule is CC1(N)C(C(=O)c2cccc(N=CNN)c2)C1(C(=O)O)c1ccccc1. The summed E-state index contributed by atoms with van der Waals surface area (Å²) >= 11 is 0. The molecule has 0 bridgehead atoms. The quantitative estimate of drug-likeness (QED) is 0.204. The third kappa shape index (κ3) is 2.49. The van der Waals surface area contributed by atoms with Gasteiger partial charge in [-0.3, -0.25) is 9.59 Å². The molecule has 1 aliphatic carbocycles. The van der Waals surface area contributed by atoms with E-state index in [2.05, 4.69) is 10.4 Å². The molecule has 26 heavy (non-hydrogen) atoms. The van der Waals surface area contributed by atoms with E-state index in [4.69, 9.17) is 11.6 Å². The highest BCUT2D eigenvalue weighted by Gasteiger charge is 2.80. The number of rotatable bonds is 6. The number of nitrogens with one attached hydrogen (secondary N) is 1. The maximum absolute atomic E-state index is 13.1. The summed E-state index contributed by atoms with van der Waals surface area (Å²) in [7, 11) is 0. The fraction of sp³-hybridized carbons (Fsp3) is 0.211. The van der Waals surface area contributed by atoms with Crippen LogP contribution in [0.4, 0.5) is 5.69 Å². The molecule has 0 spiro atoms. The van der Waals surface area contributed by atoms with Crippen molar-refractivity contribution >= 4 is 23.8 Å². The first-order valence-electron chi connectivity index (χ1n) is 8.08. The molecule has 2 aromatic rings. The highest BCUT2D eigenvalue weighted by molar-refractivity contribution is 6.10. The molecule has 134 valence electrons. The van der Waals surface area contributed by atoms with E-state index in [1.165, 1.54) is 6.34 Å². The number of hydrazine groups is 1. The van der Waals surface area contributed by atoms with Gasteiger partial charge >= 0.3 is 5.97 Å². The van der Waals surface area contributed by atoms with Gasteiger partial charge in [0.25, 0.3) is 0 Å². The van der Waals surface area contributed by atoms with Crippen molar-refractivity contribution in [2.45, 2.75) is 17.9 Å². The summed E-state index contributed by atoms with van der Waals surface area (Å²) < 4.78 is 0. The van der Waals surface area contributed by atoms with Gasteiger partial charge in [-0.05, 0) is 24.6 Å².